The van der Waals surface area contributed by atoms with Crippen LogP contribution in [0.4, 0.5) is 5.95 Å². The minimum absolute atomic E-state index is 0.0830. The van der Waals surface area contributed by atoms with E-state index in [9.17, 15) is 4.79 Å². The number of aryl methyl sites for hydroxylation is 2. The van der Waals surface area contributed by atoms with Gasteiger partial charge in [-0.05, 0) is 56.9 Å². The Balaban J connectivity index is 1.46. The summed E-state index contributed by atoms with van der Waals surface area (Å²) in [6.45, 7) is 6.29. The van der Waals surface area contributed by atoms with Crippen molar-refractivity contribution >= 4 is 11.9 Å². The second-order valence-corrected chi connectivity index (χ2v) is 6.61. The molecule has 3 rings (SSSR count). The molecule has 1 aliphatic rings. The molecule has 1 amide bonds. The van der Waals surface area contributed by atoms with E-state index < -0.39 is 0 Å². The third-order valence-electron chi connectivity index (χ3n) is 4.58. The summed E-state index contributed by atoms with van der Waals surface area (Å²) >= 11 is 0. The van der Waals surface area contributed by atoms with Gasteiger partial charge in [0.05, 0.1) is 0 Å². The van der Waals surface area contributed by atoms with Crippen LogP contribution < -0.4 is 10.2 Å². The first kappa shape index (κ1) is 17.3. The number of nitrogens with one attached hydrogen (secondary N) is 1. The predicted octanol–water partition coefficient (Wildman–Crippen LogP) is 2.06. The lowest BCUT2D eigenvalue weighted by Gasteiger charge is -2.31. The second kappa shape index (κ2) is 8.05. The summed E-state index contributed by atoms with van der Waals surface area (Å²) in [6.07, 6.45) is 6.09. The number of carbonyl (C=O) groups is 1. The number of carbonyl (C=O) groups excluding carboxylic acids is 1. The topological polar surface area (TPSA) is 71.0 Å². The van der Waals surface area contributed by atoms with Crippen molar-refractivity contribution in [1.29, 1.82) is 0 Å². The third kappa shape index (κ3) is 4.75. The Kier molecular flexibility index (Phi) is 5.58. The molecule has 2 aromatic rings. The fraction of sp³-hybridized carbons (Fsp3) is 0.474. The number of pyridine rings is 1. The molecule has 6 nitrogen and oxygen atoms in total. The Morgan fingerprint density at radius 3 is 2.44 bits per heavy atom. The van der Waals surface area contributed by atoms with Gasteiger partial charge in [0.1, 0.15) is 0 Å². The molecule has 6 heteroatoms. The number of anilines is 1. The van der Waals surface area contributed by atoms with Crippen LogP contribution in [0.15, 0.2) is 30.6 Å². The smallest absolute Gasteiger partial charge is 0.225 e. The van der Waals surface area contributed by atoms with Crippen molar-refractivity contribution in [2.45, 2.75) is 33.1 Å². The summed E-state index contributed by atoms with van der Waals surface area (Å²) in [5, 5.41) is 3.06. The molecule has 0 aliphatic carbocycles. The van der Waals surface area contributed by atoms with E-state index in [1.165, 1.54) is 5.56 Å². The Morgan fingerprint density at radius 2 is 1.80 bits per heavy atom. The highest BCUT2D eigenvalue weighted by atomic mass is 16.1. The number of hydrogen-bond acceptors (Lipinski definition) is 5. The van der Waals surface area contributed by atoms with Crippen molar-refractivity contribution in [3.05, 3.63) is 47.5 Å². The van der Waals surface area contributed by atoms with E-state index in [1.807, 2.05) is 32.0 Å². The zero-order valence-corrected chi connectivity index (χ0v) is 14.9. The zero-order chi connectivity index (χ0) is 17.6. The minimum atomic E-state index is 0.0830. The van der Waals surface area contributed by atoms with Crippen LogP contribution in [0.25, 0.3) is 0 Å². The van der Waals surface area contributed by atoms with Gasteiger partial charge >= 0.3 is 0 Å². The van der Waals surface area contributed by atoms with Crippen LogP contribution in [0.2, 0.25) is 0 Å². The highest BCUT2D eigenvalue weighted by molar-refractivity contribution is 5.78. The average molecular weight is 339 g/mol. The molecule has 0 aromatic carbocycles. The van der Waals surface area contributed by atoms with Gasteiger partial charge in [0, 0.05) is 49.3 Å². The SMILES string of the molecule is Cc1cc(C)nc(N2CCC(C(=O)NCCc3ccncc3)CC2)n1. The summed E-state index contributed by atoms with van der Waals surface area (Å²) in [6, 6.07) is 5.94. The molecule has 1 fully saturated rings. The van der Waals surface area contributed by atoms with Crippen molar-refractivity contribution in [3.8, 4) is 0 Å². The number of hydrogen-bond donors (Lipinski definition) is 1. The number of amides is 1. The largest absolute Gasteiger partial charge is 0.356 e. The molecule has 1 aliphatic heterocycles. The molecular weight excluding hydrogens is 314 g/mol. The van der Waals surface area contributed by atoms with Crippen LogP contribution >= 0.6 is 0 Å². The maximum Gasteiger partial charge on any atom is 0.225 e. The van der Waals surface area contributed by atoms with Gasteiger partial charge in [-0.15, -0.1) is 0 Å². The van der Waals surface area contributed by atoms with Gasteiger partial charge in [-0.3, -0.25) is 9.78 Å². The molecule has 3 heterocycles. The summed E-state index contributed by atoms with van der Waals surface area (Å²) in [5.74, 6) is 1.03. The predicted molar refractivity (Wildman–Crippen MR) is 97.4 cm³/mol. The van der Waals surface area contributed by atoms with Crippen molar-refractivity contribution in [2.24, 2.45) is 5.92 Å². The molecular formula is C19H25N5O. The quantitative estimate of drug-likeness (QED) is 0.903. The van der Waals surface area contributed by atoms with E-state index in [2.05, 4.69) is 25.2 Å². The number of piperidine rings is 1. The molecule has 1 saturated heterocycles. The number of rotatable bonds is 5. The van der Waals surface area contributed by atoms with Gasteiger partial charge in [0.2, 0.25) is 11.9 Å². The molecule has 25 heavy (non-hydrogen) atoms. The van der Waals surface area contributed by atoms with E-state index in [4.69, 9.17) is 0 Å². The normalized spacial score (nSPS) is 15.2. The lowest BCUT2D eigenvalue weighted by molar-refractivity contribution is -0.125. The van der Waals surface area contributed by atoms with Crippen molar-refractivity contribution in [2.75, 3.05) is 24.5 Å². The Morgan fingerprint density at radius 1 is 1.16 bits per heavy atom. The number of aromatic nitrogens is 3. The fourth-order valence-corrected chi connectivity index (χ4v) is 3.21. The van der Waals surface area contributed by atoms with E-state index >= 15 is 0 Å². The first-order valence-electron chi connectivity index (χ1n) is 8.85. The standard InChI is InChI=1S/C19H25N5O/c1-14-13-15(2)23-19(22-14)24-11-6-17(7-12-24)18(25)21-10-5-16-3-8-20-9-4-16/h3-4,8-9,13,17H,5-7,10-12H2,1-2H3,(H,21,25). The Labute approximate surface area is 148 Å². The van der Waals surface area contributed by atoms with Crippen molar-refractivity contribution < 1.29 is 4.79 Å². The summed E-state index contributed by atoms with van der Waals surface area (Å²) < 4.78 is 0. The van der Waals surface area contributed by atoms with Crippen LogP contribution in [0.3, 0.4) is 0 Å². The highest BCUT2D eigenvalue weighted by Crippen LogP contribution is 2.21. The average Bonchev–Trinajstić information content (AvgIpc) is 2.62. The lowest BCUT2D eigenvalue weighted by atomic mass is 9.96. The van der Waals surface area contributed by atoms with E-state index in [0.717, 1.165) is 49.7 Å². The highest BCUT2D eigenvalue weighted by Gasteiger charge is 2.26. The van der Waals surface area contributed by atoms with E-state index in [1.54, 1.807) is 12.4 Å². The molecule has 0 unspecified atom stereocenters. The first-order valence-corrected chi connectivity index (χ1v) is 8.85. The van der Waals surface area contributed by atoms with E-state index in [0.29, 0.717) is 6.54 Å². The van der Waals surface area contributed by atoms with Gasteiger partial charge in [0.15, 0.2) is 0 Å². The molecule has 1 N–H and O–H groups in total. The van der Waals surface area contributed by atoms with Crippen LogP contribution in [0, 0.1) is 19.8 Å². The molecule has 0 radical (unpaired) electrons. The zero-order valence-electron chi connectivity index (χ0n) is 14.9. The summed E-state index contributed by atoms with van der Waals surface area (Å²) in [7, 11) is 0. The maximum atomic E-state index is 12.4. The van der Waals surface area contributed by atoms with E-state index in [-0.39, 0.29) is 11.8 Å². The van der Waals surface area contributed by atoms with Gasteiger partial charge < -0.3 is 10.2 Å². The summed E-state index contributed by atoms with van der Waals surface area (Å²) in [5.41, 5.74) is 3.16. The van der Waals surface area contributed by atoms with Crippen molar-refractivity contribution in [3.63, 3.8) is 0 Å². The van der Waals surface area contributed by atoms with Crippen LogP contribution in [-0.2, 0) is 11.2 Å². The molecule has 0 atom stereocenters. The summed E-state index contributed by atoms with van der Waals surface area (Å²) in [4.78, 5) is 27.6. The Bertz CT molecular complexity index is 691. The van der Waals surface area contributed by atoms with Gasteiger partial charge in [-0.25, -0.2) is 9.97 Å². The second-order valence-electron chi connectivity index (χ2n) is 6.61. The van der Waals surface area contributed by atoms with Gasteiger partial charge in [-0.1, -0.05) is 0 Å². The Hall–Kier alpha value is -2.50. The molecule has 0 saturated carbocycles. The minimum Gasteiger partial charge on any atom is -0.356 e. The molecule has 0 spiro atoms. The fourth-order valence-electron chi connectivity index (χ4n) is 3.21. The molecule has 132 valence electrons. The van der Waals surface area contributed by atoms with Crippen LogP contribution in [0.5, 0.6) is 0 Å². The van der Waals surface area contributed by atoms with Crippen LogP contribution in [0.1, 0.15) is 29.8 Å². The lowest BCUT2D eigenvalue weighted by Crippen LogP contribution is -2.41. The first-order chi connectivity index (χ1) is 12.1. The maximum absolute atomic E-state index is 12.4. The van der Waals surface area contributed by atoms with Crippen LogP contribution in [-0.4, -0.2) is 40.5 Å². The molecule has 2 aromatic heterocycles. The molecule has 0 bridgehead atoms. The monoisotopic (exact) mass is 339 g/mol. The number of nitrogens with zero attached hydrogens (tertiary/aromatic N) is 4. The van der Waals surface area contributed by atoms with Crippen molar-refractivity contribution in [1.82, 2.24) is 20.3 Å². The van der Waals surface area contributed by atoms with Gasteiger partial charge in [0.25, 0.3) is 0 Å². The third-order valence-corrected chi connectivity index (χ3v) is 4.58. The van der Waals surface area contributed by atoms with Gasteiger partial charge in [-0.2, -0.15) is 0 Å².